The summed E-state index contributed by atoms with van der Waals surface area (Å²) in [6, 6.07) is 8.26. The van der Waals surface area contributed by atoms with Crippen molar-refractivity contribution in [3.8, 4) is 5.75 Å². The van der Waals surface area contributed by atoms with Crippen LogP contribution in [0.3, 0.4) is 0 Å². The molecule has 1 rings (SSSR count). The Bertz CT molecular complexity index is 309. The number of para-hydroxylation sites is 1. The first-order valence-corrected chi connectivity index (χ1v) is 6.63. The molecule has 0 saturated carbocycles. The van der Waals surface area contributed by atoms with E-state index in [2.05, 4.69) is 51.6 Å². The fraction of sp³-hybridized carbons (Fsp3) is 0.571. The van der Waals surface area contributed by atoms with Gasteiger partial charge in [-0.25, -0.2) is 0 Å². The molecule has 0 aromatic heterocycles. The summed E-state index contributed by atoms with van der Waals surface area (Å²) in [6.07, 6.45) is 1.02. The number of hydrogen-bond donors (Lipinski definition) is 1. The highest BCUT2D eigenvalue weighted by molar-refractivity contribution is 7.80. The number of aryl methyl sites for hydroxylation is 1. The maximum Gasteiger partial charge on any atom is 0.122 e. The second-order valence-electron chi connectivity index (χ2n) is 4.46. The molecule has 0 radical (unpaired) electrons. The van der Waals surface area contributed by atoms with E-state index in [0.717, 1.165) is 24.5 Å². The molecule has 0 heterocycles. The average molecular weight is 238 g/mol. The van der Waals surface area contributed by atoms with Gasteiger partial charge in [0.2, 0.25) is 0 Å². The van der Waals surface area contributed by atoms with Crippen molar-refractivity contribution in [3.05, 3.63) is 29.8 Å². The molecule has 1 unspecified atom stereocenters. The largest absolute Gasteiger partial charge is 0.493 e. The molecule has 0 aliphatic carbocycles. The minimum Gasteiger partial charge on any atom is -0.493 e. The van der Waals surface area contributed by atoms with Crippen LogP contribution in [0.25, 0.3) is 0 Å². The van der Waals surface area contributed by atoms with E-state index in [1.165, 1.54) is 5.56 Å². The normalized spacial score (nSPS) is 12.8. The summed E-state index contributed by atoms with van der Waals surface area (Å²) in [4.78, 5) is 0. The van der Waals surface area contributed by atoms with E-state index in [1.807, 2.05) is 6.07 Å². The maximum absolute atomic E-state index is 5.89. The van der Waals surface area contributed by atoms with E-state index in [9.17, 15) is 0 Å². The molecule has 90 valence electrons. The van der Waals surface area contributed by atoms with Gasteiger partial charge in [-0.2, -0.15) is 12.6 Å². The summed E-state index contributed by atoms with van der Waals surface area (Å²) < 4.78 is 5.89. The number of benzene rings is 1. The van der Waals surface area contributed by atoms with Gasteiger partial charge in [0, 0.05) is 5.92 Å². The van der Waals surface area contributed by atoms with Crippen LogP contribution in [0.2, 0.25) is 0 Å². The van der Waals surface area contributed by atoms with Crippen molar-refractivity contribution in [1.29, 1.82) is 0 Å². The molecule has 0 spiro atoms. The Kier molecular flexibility index (Phi) is 5.75. The fourth-order valence-electron chi connectivity index (χ4n) is 1.59. The Labute approximate surface area is 105 Å². The van der Waals surface area contributed by atoms with Crippen molar-refractivity contribution in [2.75, 3.05) is 12.4 Å². The second-order valence-corrected chi connectivity index (χ2v) is 4.82. The van der Waals surface area contributed by atoms with Crippen molar-refractivity contribution in [2.45, 2.75) is 27.2 Å². The van der Waals surface area contributed by atoms with Gasteiger partial charge in [0.25, 0.3) is 0 Å². The third-order valence-electron chi connectivity index (χ3n) is 2.98. The van der Waals surface area contributed by atoms with Gasteiger partial charge in [-0.05, 0) is 29.7 Å². The lowest BCUT2D eigenvalue weighted by Gasteiger charge is -2.20. The zero-order valence-corrected chi connectivity index (χ0v) is 11.3. The molecule has 0 bridgehead atoms. The van der Waals surface area contributed by atoms with Gasteiger partial charge < -0.3 is 4.74 Å². The summed E-state index contributed by atoms with van der Waals surface area (Å²) in [5.41, 5.74) is 1.28. The Morgan fingerprint density at radius 2 is 1.94 bits per heavy atom. The monoisotopic (exact) mass is 238 g/mol. The second kappa shape index (κ2) is 6.85. The highest BCUT2D eigenvalue weighted by Gasteiger charge is 2.12. The quantitative estimate of drug-likeness (QED) is 0.741. The Morgan fingerprint density at radius 1 is 1.25 bits per heavy atom. The minimum atomic E-state index is 0.522. The van der Waals surface area contributed by atoms with Crippen LogP contribution in [-0.2, 0) is 6.42 Å². The predicted molar refractivity (Wildman–Crippen MR) is 73.5 cm³/mol. The highest BCUT2D eigenvalue weighted by atomic mass is 32.1. The first kappa shape index (κ1) is 13.4. The molecule has 1 nitrogen and oxygen atoms in total. The molecule has 0 saturated heterocycles. The highest BCUT2D eigenvalue weighted by Crippen LogP contribution is 2.21. The number of thiol groups is 1. The number of hydrogen-bond acceptors (Lipinski definition) is 2. The molecule has 0 fully saturated rings. The van der Waals surface area contributed by atoms with Crippen LogP contribution in [0, 0.1) is 11.8 Å². The van der Waals surface area contributed by atoms with Crippen LogP contribution >= 0.6 is 12.6 Å². The third-order valence-corrected chi connectivity index (χ3v) is 3.45. The van der Waals surface area contributed by atoms with Crippen LogP contribution in [0.1, 0.15) is 26.3 Å². The lowest BCUT2D eigenvalue weighted by atomic mass is 9.99. The van der Waals surface area contributed by atoms with Gasteiger partial charge in [0.1, 0.15) is 5.75 Å². The van der Waals surface area contributed by atoms with Crippen LogP contribution in [0.15, 0.2) is 24.3 Å². The van der Waals surface area contributed by atoms with E-state index in [1.54, 1.807) is 0 Å². The van der Waals surface area contributed by atoms with E-state index >= 15 is 0 Å². The predicted octanol–water partition coefficient (Wildman–Crippen LogP) is 3.83. The van der Waals surface area contributed by atoms with E-state index in [4.69, 9.17) is 4.74 Å². The molecule has 0 aliphatic heterocycles. The summed E-state index contributed by atoms with van der Waals surface area (Å²) >= 11 is 4.37. The number of rotatable bonds is 6. The smallest absolute Gasteiger partial charge is 0.122 e. The van der Waals surface area contributed by atoms with Crippen molar-refractivity contribution in [3.63, 3.8) is 0 Å². The first-order valence-electron chi connectivity index (χ1n) is 6.00. The van der Waals surface area contributed by atoms with Gasteiger partial charge in [-0.1, -0.05) is 39.0 Å². The van der Waals surface area contributed by atoms with Crippen LogP contribution in [0.5, 0.6) is 5.75 Å². The standard InChI is InChI=1S/C14H22OS/c1-4-12-7-5-6-8-14(12)15-9-13(10-16)11(2)3/h5-8,11,13,16H,4,9-10H2,1-3H3. The lowest BCUT2D eigenvalue weighted by molar-refractivity contribution is 0.225. The summed E-state index contributed by atoms with van der Waals surface area (Å²) in [7, 11) is 0. The minimum absolute atomic E-state index is 0.522. The summed E-state index contributed by atoms with van der Waals surface area (Å²) in [5, 5.41) is 0. The summed E-state index contributed by atoms with van der Waals surface area (Å²) in [5.74, 6) is 3.04. The SMILES string of the molecule is CCc1ccccc1OCC(CS)C(C)C. The average Bonchev–Trinajstić information content (AvgIpc) is 2.30. The van der Waals surface area contributed by atoms with Gasteiger partial charge in [0.15, 0.2) is 0 Å². The van der Waals surface area contributed by atoms with Crippen molar-refractivity contribution >= 4 is 12.6 Å². The molecule has 2 heteroatoms. The fourth-order valence-corrected chi connectivity index (χ4v) is 2.12. The Hall–Kier alpha value is -0.630. The maximum atomic E-state index is 5.89. The number of ether oxygens (including phenoxy) is 1. The Balaban J connectivity index is 2.59. The van der Waals surface area contributed by atoms with Gasteiger partial charge in [0.05, 0.1) is 6.61 Å². The third kappa shape index (κ3) is 3.75. The zero-order valence-electron chi connectivity index (χ0n) is 10.4. The van der Waals surface area contributed by atoms with E-state index < -0.39 is 0 Å². The Morgan fingerprint density at radius 3 is 2.50 bits per heavy atom. The van der Waals surface area contributed by atoms with Crippen LogP contribution < -0.4 is 4.74 Å². The molecule has 1 aromatic rings. The van der Waals surface area contributed by atoms with Crippen LogP contribution in [0.4, 0.5) is 0 Å². The molecule has 1 atom stereocenters. The topological polar surface area (TPSA) is 9.23 Å². The zero-order chi connectivity index (χ0) is 12.0. The van der Waals surface area contributed by atoms with Gasteiger partial charge >= 0.3 is 0 Å². The summed E-state index contributed by atoms with van der Waals surface area (Å²) in [6.45, 7) is 7.35. The van der Waals surface area contributed by atoms with Crippen LogP contribution in [-0.4, -0.2) is 12.4 Å². The molecular formula is C14H22OS. The molecule has 1 aromatic carbocycles. The molecule has 0 amide bonds. The van der Waals surface area contributed by atoms with Gasteiger partial charge in [-0.3, -0.25) is 0 Å². The molecule has 16 heavy (non-hydrogen) atoms. The molecular weight excluding hydrogens is 216 g/mol. The van der Waals surface area contributed by atoms with Crippen molar-refractivity contribution < 1.29 is 4.74 Å². The van der Waals surface area contributed by atoms with Gasteiger partial charge in [-0.15, -0.1) is 0 Å². The van der Waals surface area contributed by atoms with Crippen molar-refractivity contribution in [1.82, 2.24) is 0 Å². The van der Waals surface area contributed by atoms with Crippen molar-refractivity contribution in [2.24, 2.45) is 11.8 Å². The van der Waals surface area contributed by atoms with E-state index in [0.29, 0.717) is 11.8 Å². The lowest BCUT2D eigenvalue weighted by Crippen LogP contribution is -2.19. The molecule has 0 N–H and O–H groups in total. The van der Waals surface area contributed by atoms with E-state index in [-0.39, 0.29) is 0 Å². The first-order chi connectivity index (χ1) is 7.69. The molecule has 0 aliphatic rings.